The van der Waals surface area contributed by atoms with Crippen molar-refractivity contribution in [2.24, 2.45) is 56.7 Å². The number of carboxylic acid groups (broad SMARTS) is 1. The van der Waals surface area contributed by atoms with Gasteiger partial charge in [0.2, 0.25) is 5.79 Å². The molecule has 0 aliphatic heterocycles. The summed E-state index contributed by atoms with van der Waals surface area (Å²) in [6.45, 7) is 15.4. The number of aliphatic hydroxyl groups is 1. The third-order valence-electron chi connectivity index (χ3n) is 16.2. The number of benzene rings is 1. The van der Waals surface area contributed by atoms with Crippen LogP contribution in [0.15, 0.2) is 48.2 Å². The number of rotatable bonds is 7. The lowest BCUT2D eigenvalue weighted by molar-refractivity contribution is -0.318. The molecule has 1 aromatic carbocycles. The van der Waals surface area contributed by atoms with Crippen LogP contribution in [0.25, 0.3) is 0 Å². The largest absolute Gasteiger partial charge is 0.513 e. The molecule has 4 saturated carbocycles. The lowest BCUT2D eigenvalue weighted by Crippen LogP contribution is -2.68. The van der Waals surface area contributed by atoms with E-state index in [0.29, 0.717) is 36.4 Å². The van der Waals surface area contributed by atoms with Crippen LogP contribution in [0.5, 0.6) is 0 Å². The number of hydrogen-bond acceptors (Lipinski definition) is 10. The van der Waals surface area contributed by atoms with Crippen molar-refractivity contribution in [3.63, 3.8) is 0 Å². The highest BCUT2D eigenvalue weighted by molar-refractivity contribution is 5.89. The van der Waals surface area contributed by atoms with Crippen molar-refractivity contribution in [1.29, 1.82) is 0 Å². The average molecular weight is 760 g/mol. The van der Waals surface area contributed by atoms with Crippen molar-refractivity contribution in [2.45, 2.75) is 125 Å². The van der Waals surface area contributed by atoms with Crippen LogP contribution in [-0.2, 0) is 37.0 Å². The fourth-order valence-corrected chi connectivity index (χ4v) is 12.8. The minimum absolute atomic E-state index is 0.0577. The van der Waals surface area contributed by atoms with Crippen LogP contribution in [0.1, 0.15) is 122 Å². The molecule has 5 aliphatic carbocycles. The molecule has 2 aromatic rings. The van der Waals surface area contributed by atoms with Crippen molar-refractivity contribution in [3.8, 4) is 0 Å². The molecule has 0 amide bonds. The Bertz CT molecular complexity index is 1890. The van der Waals surface area contributed by atoms with Crippen LogP contribution in [0.4, 0.5) is 4.79 Å². The molecule has 10 atom stereocenters. The maximum Gasteiger partial charge on any atom is 0.513 e. The van der Waals surface area contributed by atoms with Crippen molar-refractivity contribution in [2.75, 3.05) is 0 Å². The second-order valence-electron chi connectivity index (χ2n) is 18.8. The highest BCUT2D eigenvalue weighted by Crippen LogP contribution is 2.76. The summed E-state index contributed by atoms with van der Waals surface area (Å²) in [6.07, 6.45) is 8.84. The van der Waals surface area contributed by atoms with Crippen molar-refractivity contribution in [3.05, 3.63) is 59.4 Å². The van der Waals surface area contributed by atoms with Crippen LogP contribution in [0.3, 0.4) is 0 Å². The van der Waals surface area contributed by atoms with Gasteiger partial charge in [-0.05, 0) is 109 Å². The molecule has 12 heteroatoms. The number of esters is 3. The van der Waals surface area contributed by atoms with Gasteiger partial charge in [-0.3, -0.25) is 4.79 Å². The number of nitrogens with zero attached hydrogens (tertiary/aromatic N) is 3. The van der Waals surface area contributed by atoms with E-state index in [0.717, 1.165) is 32.1 Å². The van der Waals surface area contributed by atoms with E-state index in [1.54, 1.807) is 24.3 Å². The quantitative estimate of drug-likeness (QED) is 0.0932. The Morgan fingerprint density at radius 1 is 0.909 bits per heavy atom. The molecule has 2 unspecified atom stereocenters. The summed E-state index contributed by atoms with van der Waals surface area (Å²) in [5.74, 6) is -2.54. The highest BCUT2D eigenvalue weighted by atomic mass is 16.7. The molecule has 7 rings (SSSR count). The Kier molecular flexibility index (Phi) is 9.66. The van der Waals surface area contributed by atoms with Gasteiger partial charge in [-0.1, -0.05) is 83.5 Å². The van der Waals surface area contributed by atoms with Gasteiger partial charge in [-0.15, -0.1) is 5.10 Å². The van der Waals surface area contributed by atoms with Crippen molar-refractivity contribution >= 4 is 24.1 Å². The Hall–Kier alpha value is -4.06. The Balaban J connectivity index is 1.08. The highest BCUT2D eigenvalue weighted by Gasteiger charge is 2.71. The lowest BCUT2D eigenvalue weighted by atomic mass is 9.33. The lowest BCUT2D eigenvalue weighted by Gasteiger charge is -2.72. The van der Waals surface area contributed by atoms with Crippen LogP contribution in [-0.4, -0.2) is 55.1 Å². The van der Waals surface area contributed by atoms with Gasteiger partial charge in [0, 0.05) is 11.8 Å². The molecule has 1 heterocycles. The van der Waals surface area contributed by atoms with Crippen molar-refractivity contribution < 1.29 is 43.6 Å². The maximum absolute atomic E-state index is 13.7. The molecular weight excluding hydrogens is 702 g/mol. The monoisotopic (exact) mass is 759 g/mol. The van der Waals surface area contributed by atoms with Gasteiger partial charge >= 0.3 is 24.1 Å². The van der Waals surface area contributed by atoms with E-state index in [-0.39, 0.29) is 59.5 Å². The fraction of sp³-hybridized carbons (Fsp3) is 0.674. The summed E-state index contributed by atoms with van der Waals surface area (Å²) in [5.41, 5.74) is 0.0395. The number of ether oxygens (including phenoxy) is 3. The smallest absolute Gasteiger partial charge is 0.455 e. The van der Waals surface area contributed by atoms with Gasteiger partial charge in [0.1, 0.15) is 18.8 Å². The minimum Gasteiger partial charge on any atom is -0.455 e. The molecule has 0 saturated heterocycles. The van der Waals surface area contributed by atoms with E-state index < -0.39 is 40.7 Å². The standard InChI is InChI=1S/C43H57N3O9/c1-26-15-18-42(36(49)54-37(50)51)21-20-40(6)30(34(42)27(26)2)13-14-32-39(5)19-22-43(52,38(3,4)31(39)16-17-41(32,40)7)55-33(47)24-46-23-29(44-45-46)25-53-35(48)28-11-9-8-10-12-28/h8-13,23,26-27,31-32,34,52H,14-22,24-25H2,1-7H3,(H,50,51)/t26-,27+,31?,32-,34+,39+,40-,41-,42+,43?/m1/s1. The maximum atomic E-state index is 13.7. The van der Waals surface area contributed by atoms with E-state index in [1.165, 1.54) is 16.5 Å². The Morgan fingerprint density at radius 3 is 2.35 bits per heavy atom. The first-order valence-corrected chi connectivity index (χ1v) is 20.0. The minimum atomic E-state index is -1.70. The van der Waals surface area contributed by atoms with Gasteiger partial charge in [0.15, 0.2) is 0 Å². The number of fused-ring (bicyclic) bond motifs is 7. The van der Waals surface area contributed by atoms with Gasteiger partial charge < -0.3 is 24.4 Å². The first-order chi connectivity index (χ1) is 25.8. The summed E-state index contributed by atoms with van der Waals surface area (Å²) in [4.78, 5) is 51.1. The summed E-state index contributed by atoms with van der Waals surface area (Å²) < 4.78 is 17.6. The van der Waals surface area contributed by atoms with Gasteiger partial charge in [-0.2, -0.15) is 0 Å². The molecular formula is C43H57N3O9. The molecule has 4 fully saturated rings. The molecule has 2 N–H and O–H groups in total. The second kappa shape index (κ2) is 13.6. The molecule has 1 aromatic heterocycles. The van der Waals surface area contributed by atoms with E-state index in [1.807, 2.05) is 19.9 Å². The van der Waals surface area contributed by atoms with Crippen LogP contribution in [0, 0.1) is 56.7 Å². The molecule has 55 heavy (non-hydrogen) atoms. The van der Waals surface area contributed by atoms with Crippen LogP contribution >= 0.6 is 0 Å². The number of carbonyl (C=O) groups excluding carboxylic acids is 3. The normalized spacial score (nSPS) is 38.8. The summed E-state index contributed by atoms with van der Waals surface area (Å²) in [5, 5.41) is 29.8. The van der Waals surface area contributed by atoms with E-state index in [9.17, 15) is 29.4 Å². The number of aromatic nitrogens is 3. The van der Waals surface area contributed by atoms with E-state index in [4.69, 9.17) is 14.2 Å². The fourth-order valence-electron chi connectivity index (χ4n) is 12.8. The SMILES string of the molecule is C[C@H]1[C@H](C)CC[C@]2(C(=O)OC(=O)O)CC[C@]3(C)C(=CC[C@@H]4[C@@]5(C)CCC(O)(OC(=O)Cn6cc(COC(=O)c7ccccc7)nn6)C(C)(C)C5CC[C@]43C)[C@H]12. The predicted molar refractivity (Wildman–Crippen MR) is 200 cm³/mol. The molecule has 0 spiro atoms. The zero-order valence-electron chi connectivity index (χ0n) is 33.3. The second-order valence-corrected chi connectivity index (χ2v) is 18.8. The molecule has 5 aliphatic rings. The number of carbonyl (C=O) groups is 4. The Morgan fingerprint density at radius 2 is 1.64 bits per heavy atom. The molecule has 12 nitrogen and oxygen atoms in total. The van der Waals surface area contributed by atoms with Gasteiger partial charge in [0.25, 0.3) is 0 Å². The topological polar surface area (TPSA) is 167 Å². The van der Waals surface area contributed by atoms with E-state index in [2.05, 4.69) is 51.0 Å². The summed E-state index contributed by atoms with van der Waals surface area (Å²) >= 11 is 0. The third kappa shape index (κ3) is 6.03. The van der Waals surface area contributed by atoms with Gasteiger partial charge in [-0.25, -0.2) is 19.1 Å². The predicted octanol–water partition coefficient (Wildman–Crippen LogP) is 7.75. The van der Waals surface area contributed by atoms with Crippen molar-refractivity contribution in [1.82, 2.24) is 15.0 Å². The number of allylic oxidation sites excluding steroid dienone is 2. The number of hydrogen-bond donors (Lipinski definition) is 2. The zero-order valence-corrected chi connectivity index (χ0v) is 33.3. The zero-order chi connectivity index (χ0) is 39.8. The average Bonchev–Trinajstić information content (AvgIpc) is 3.57. The van der Waals surface area contributed by atoms with Gasteiger partial charge in [0.05, 0.1) is 17.2 Å². The summed E-state index contributed by atoms with van der Waals surface area (Å²) in [6, 6.07) is 8.64. The third-order valence-corrected chi connectivity index (χ3v) is 16.2. The van der Waals surface area contributed by atoms with E-state index >= 15 is 0 Å². The van der Waals surface area contributed by atoms with Crippen LogP contribution in [0.2, 0.25) is 0 Å². The Labute approximate surface area is 323 Å². The summed E-state index contributed by atoms with van der Waals surface area (Å²) in [7, 11) is 0. The molecule has 298 valence electrons. The molecule has 0 radical (unpaired) electrons. The van der Waals surface area contributed by atoms with Crippen LogP contribution < -0.4 is 0 Å². The first kappa shape index (κ1) is 39.2. The molecule has 0 bridgehead atoms. The first-order valence-electron chi connectivity index (χ1n) is 20.0.